The van der Waals surface area contributed by atoms with Gasteiger partial charge < -0.3 is 4.98 Å². The van der Waals surface area contributed by atoms with Crippen molar-refractivity contribution in [3.8, 4) is 11.4 Å². The summed E-state index contributed by atoms with van der Waals surface area (Å²) in [4.78, 5) is 4.46. The third-order valence-electron chi connectivity index (χ3n) is 2.28. The molecule has 0 bridgehead atoms. The van der Waals surface area contributed by atoms with Gasteiger partial charge in [-0.05, 0) is 11.6 Å². The third kappa shape index (κ3) is 2.56. The van der Waals surface area contributed by atoms with Gasteiger partial charge in [0, 0.05) is 32.7 Å². The van der Waals surface area contributed by atoms with Crippen molar-refractivity contribution in [2.45, 2.75) is 0 Å². The Morgan fingerprint density at radius 1 is 1.00 bits per heavy atom. The quantitative estimate of drug-likeness (QED) is 0.646. The van der Waals surface area contributed by atoms with E-state index in [0.717, 1.165) is 10.9 Å². The van der Waals surface area contributed by atoms with Gasteiger partial charge in [0.1, 0.15) is 0 Å². The number of hydrogen-bond acceptors (Lipinski definition) is 3. The summed E-state index contributed by atoms with van der Waals surface area (Å²) in [5, 5.41) is 8.82. The molecule has 2 heterocycles. The summed E-state index contributed by atoms with van der Waals surface area (Å²) in [6.45, 7) is 0. The standard InChI is InChI=1S/C13H7N3.Y/c1-2-5-11-10(4-1)7-8-12(15-11)13-6-3-9-14-16-13;/h1-5,7,9H;/q-2;. The predicted octanol–water partition coefficient (Wildman–Crippen LogP) is 2.29. The fourth-order valence-corrected chi connectivity index (χ4v) is 1.52. The molecule has 0 saturated heterocycles. The molecule has 79 valence electrons. The smallest absolute Gasteiger partial charge is 0 e. The van der Waals surface area contributed by atoms with Crippen LogP contribution in [0.25, 0.3) is 22.3 Å². The van der Waals surface area contributed by atoms with E-state index in [2.05, 4.69) is 27.3 Å². The third-order valence-corrected chi connectivity index (χ3v) is 2.28. The average Bonchev–Trinajstić information content (AvgIpc) is 2.39. The molecule has 0 aliphatic rings. The van der Waals surface area contributed by atoms with E-state index in [1.54, 1.807) is 12.3 Å². The van der Waals surface area contributed by atoms with Crippen LogP contribution in [-0.2, 0) is 32.7 Å². The van der Waals surface area contributed by atoms with Gasteiger partial charge in [-0.15, -0.1) is 17.5 Å². The molecule has 1 aromatic carbocycles. The summed E-state index contributed by atoms with van der Waals surface area (Å²) >= 11 is 0. The molecule has 17 heavy (non-hydrogen) atoms. The second kappa shape index (κ2) is 5.43. The van der Waals surface area contributed by atoms with E-state index >= 15 is 0 Å². The maximum atomic E-state index is 4.46. The van der Waals surface area contributed by atoms with Gasteiger partial charge in [0.05, 0.1) is 0 Å². The first-order chi connectivity index (χ1) is 7.93. The van der Waals surface area contributed by atoms with Crippen LogP contribution >= 0.6 is 0 Å². The van der Waals surface area contributed by atoms with Crippen molar-refractivity contribution in [2.75, 3.05) is 0 Å². The van der Waals surface area contributed by atoms with Gasteiger partial charge >= 0.3 is 0 Å². The summed E-state index contributed by atoms with van der Waals surface area (Å²) in [6.07, 6.45) is 1.59. The summed E-state index contributed by atoms with van der Waals surface area (Å²) in [5.74, 6) is 0. The van der Waals surface area contributed by atoms with Crippen molar-refractivity contribution in [1.29, 1.82) is 0 Å². The minimum Gasteiger partial charge on any atom is -0.349 e. The topological polar surface area (TPSA) is 38.7 Å². The summed E-state index contributed by atoms with van der Waals surface area (Å²) in [5.41, 5.74) is 2.22. The molecule has 4 heteroatoms. The summed E-state index contributed by atoms with van der Waals surface area (Å²) in [7, 11) is 0. The van der Waals surface area contributed by atoms with Crippen LogP contribution in [0.5, 0.6) is 0 Å². The molecule has 3 rings (SSSR count). The molecule has 3 nitrogen and oxygen atoms in total. The zero-order valence-corrected chi connectivity index (χ0v) is 11.8. The number of para-hydroxylation sites is 1. The number of benzene rings is 1. The molecular weight excluding hydrogens is 287 g/mol. The second-order valence-electron chi connectivity index (χ2n) is 3.33. The minimum atomic E-state index is 0. The summed E-state index contributed by atoms with van der Waals surface area (Å²) in [6, 6.07) is 17.6. The first-order valence-electron chi connectivity index (χ1n) is 4.91. The van der Waals surface area contributed by atoms with E-state index in [0.29, 0.717) is 11.4 Å². The number of hydrogen-bond donors (Lipinski definition) is 0. The molecule has 0 spiro atoms. The molecule has 0 amide bonds. The summed E-state index contributed by atoms with van der Waals surface area (Å²) < 4.78 is 0. The van der Waals surface area contributed by atoms with Crippen LogP contribution in [0.4, 0.5) is 0 Å². The van der Waals surface area contributed by atoms with E-state index in [1.165, 1.54) is 0 Å². The van der Waals surface area contributed by atoms with Crippen molar-refractivity contribution in [1.82, 2.24) is 15.2 Å². The Kier molecular flexibility index (Phi) is 3.92. The molecule has 0 atom stereocenters. The fourth-order valence-electron chi connectivity index (χ4n) is 1.52. The maximum Gasteiger partial charge on any atom is 0 e. The molecule has 0 aliphatic heterocycles. The normalized spacial score (nSPS) is 9.88. The SMILES string of the molecule is [Y].[c-]1ccnnc1-c1[c-]cc2ccccc2n1. The minimum absolute atomic E-state index is 0. The van der Waals surface area contributed by atoms with Gasteiger partial charge in [-0.25, -0.2) is 17.2 Å². The Bertz CT molecular complexity index is 626. The Labute approximate surface area is 124 Å². The van der Waals surface area contributed by atoms with Crippen LogP contribution in [0.1, 0.15) is 0 Å². The molecule has 0 unspecified atom stereocenters. The van der Waals surface area contributed by atoms with Crippen molar-refractivity contribution in [3.05, 3.63) is 54.7 Å². The number of fused-ring (bicyclic) bond motifs is 1. The molecule has 2 aromatic heterocycles. The maximum absolute atomic E-state index is 4.46. The molecule has 0 fully saturated rings. The van der Waals surface area contributed by atoms with Gasteiger partial charge in [0.2, 0.25) is 0 Å². The van der Waals surface area contributed by atoms with Crippen molar-refractivity contribution >= 4 is 10.9 Å². The second-order valence-corrected chi connectivity index (χ2v) is 3.33. The Balaban J connectivity index is 0.00000108. The van der Waals surface area contributed by atoms with Crippen molar-refractivity contribution < 1.29 is 32.7 Å². The Morgan fingerprint density at radius 2 is 1.88 bits per heavy atom. The van der Waals surface area contributed by atoms with E-state index in [4.69, 9.17) is 0 Å². The van der Waals surface area contributed by atoms with Gasteiger partial charge in [0.15, 0.2) is 0 Å². The zero-order valence-electron chi connectivity index (χ0n) is 8.96. The van der Waals surface area contributed by atoms with Crippen LogP contribution in [0.15, 0.2) is 42.6 Å². The van der Waals surface area contributed by atoms with E-state index in [-0.39, 0.29) is 32.7 Å². The molecule has 0 saturated carbocycles. The van der Waals surface area contributed by atoms with Gasteiger partial charge in [-0.3, -0.25) is 5.10 Å². The van der Waals surface area contributed by atoms with E-state index < -0.39 is 0 Å². The number of rotatable bonds is 1. The fraction of sp³-hybridized carbons (Fsp3) is 0. The van der Waals surface area contributed by atoms with E-state index in [9.17, 15) is 0 Å². The first-order valence-corrected chi connectivity index (χ1v) is 4.91. The van der Waals surface area contributed by atoms with Crippen LogP contribution in [-0.4, -0.2) is 15.2 Å². The zero-order chi connectivity index (χ0) is 10.8. The predicted molar refractivity (Wildman–Crippen MR) is 60.4 cm³/mol. The van der Waals surface area contributed by atoms with E-state index in [1.807, 2.05) is 30.3 Å². The monoisotopic (exact) mass is 294 g/mol. The average molecular weight is 294 g/mol. The van der Waals surface area contributed by atoms with Crippen LogP contribution < -0.4 is 0 Å². The molecule has 1 radical (unpaired) electrons. The molecular formula is C13H7N3Y-2. The van der Waals surface area contributed by atoms with Crippen molar-refractivity contribution in [2.24, 2.45) is 0 Å². The van der Waals surface area contributed by atoms with Crippen LogP contribution in [0, 0.1) is 12.1 Å². The van der Waals surface area contributed by atoms with Gasteiger partial charge in [0.25, 0.3) is 0 Å². The molecule has 0 aliphatic carbocycles. The van der Waals surface area contributed by atoms with Crippen molar-refractivity contribution in [3.63, 3.8) is 0 Å². The first kappa shape index (κ1) is 12.3. The largest absolute Gasteiger partial charge is 0.349 e. The molecule has 3 aromatic rings. The van der Waals surface area contributed by atoms with Gasteiger partial charge in [-0.1, -0.05) is 23.7 Å². The van der Waals surface area contributed by atoms with Gasteiger partial charge in [-0.2, -0.15) is 12.1 Å². The van der Waals surface area contributed by atoms with Crippen LogP contribution in [0.3, 0.4) is 0 Å². The Morgan fingerprint density at radius 3 is 2.71 bits per heavy atom. The number of aromatic nitrogens is 3. The number of pyridine rings is 1. The molecule has 0 N–H and O–H groups in total. The van der Waals surface area contributed by atoms with Crippen LogP contribution in [0.2, 0.25) is 0 Å². The Hall–Kier alpha value is -1.19. The number of nitrogens with zero attached hydrogens (tertiary/aromatic N) is 3.